The van der Waals surface area contributed by atoms with Gasteiger partial charge in [0.25, 0.3) is 5.91 Å². The van der Waals surface area contributed by atoms with E-state index in [-0.39, 0.29) is 23.5 Å². The zero-order valence-corrected chi connectivity index (χ0v) is 25.0. The van der Waals surface area contributed by atoms with Crippen molar-refractivity contribution in [3.63, 3.8) is 0 Å². The molecule has 0 bridgehead atoms. The Labute approximate surface area is 230 Å². The molecule has 2 N–H and O–H groups in total. The summed E-state index contributed by atoms with van der Waals surface area (Å²) in [4.78, 5) is 21.7. The van der Waals surface area contributed by atoms with Crippen molar-refractivity contribution in [1.29, 1.82) is 0 Å². The second kappa shape index (κ2) is 15.7. The molecule has 38 heavy (non-hydrogen) atoms. The number of carbonyl (C=O) groups is 1. The van der Waals surface area contributed by atoms with Gasteiger partial charge in [0.1, 0.15) is 5.82 Å². The van der Waals surface area contributed by atoms with Gasteiger partial charge in [-0.25, -0.2) is 4.39 Å². The van der Waals surface area contributed by atoms with Gasteiger partial charge in [0, 0.05) is 29.7 Å². The van der Waals surface area contributed by atoms with Crippen LogP contribution in [0, 0.1) is 18.7 Å². The number of anilines is 1. The van der Waals surface area contributed by atoms with Crippen molar-refractivity contribution in [3.05, 3.63) is 76.1 Å². The zero-order valence-electron chi connectivity index (χ0n) is 24.0. The Hall–Kier alpha value is -2.63. The van der Waals surface area contributed by atoms with Crippen LogP contribution in [0.4, 0.5) is 10.1 Å². The van der Waals surface area contributed by atoms with Crippen LogP contribution < -0.4 is 16.2 Å². The lowest BCUT2D eigenvalue weighted by molar-refractivity contribution is 0.102. The largest absolute Gasteiger partial charge is 0.322 e. The standard InChI is InChI=1S/C27H34BFN4OP.C3H8/c1-7-23-24(11-8-16(2)3)35-25(15-30-23)32-18(5)21-13-20(9-10-22(21)29)33-27(34)19-12-17(4)26(28-6)31-14-19;1-3-2/h7,9-16,18,25,32,35H,8H2,1-6H3,(H,33,34);3H2,1-2H3/b23-7+,24-11-;. The Morgan fingerprint density at radius 2 is 1.95 bits per heavy atom. The average Bonchev–Trinajstić information content (AvgIpc) is 2.89. The molecule has 1 aliphatic heterocycles. The summed E-state index contributed by atoms with van der Waals surface area (Å²) in [6.07, 6.45) is 10.0. The van der Waals surface area contributed by atoms with E-state index in [0.29, 0.717) is 31.3 Å². The molecular formula is C30H42BFN4OP. The van der Waals surface area contributed by atoms with E-state index < -0.39 is 0 Å². The third-order valence-electron chi connectivity index (χ3n) is 5.82. The molecule has 8 heteroatoms. The molecule has 3 rings (SSSR count). The lowest BCUT2D eigenvalue weighted by atomic mass is 9.75. The van der Waals surface area contributed by atoms with Crippen molar-refractivity contribution in [1.82, 2.24) is 10.3 Å². The fourth-order valence-electron chi connectivity index (χ4n) is 3.86. The van der Waals surface area contributed by atoms with Crippen LogP contribution in [0.15, 0.2) is 58.6 Å². The molecule has 5 nitrogen and oxygen atoms in total. The van der Waals surface area contributed by atoms with Crippen molar-refractivity contribution in [2.45, 2.75) is 80.0 Å². The van der Waals surface area contributed by atoms with Gasteiger partial charge in [0.05, 0.1) is 17.0 Å². The monoisotopic (exact) mass is 535 g/mol. The van der Waals surface area contributed by atoms with E-state index >= 15 is 0 Å². The Morgan fingerprint density at radius 3 is 2.55 bits per heavy atom. The van der Waals surface area contributed by atoms with Crippen LogP contribution in [0.2, 0.25) is 6.82 Å². The summed E-state index contributed by atoms with van der Waals surface area (Å²) in [7, 11) is 2.41. The first-order valence-electron chi connectivity index (χ1n) is 13.4. The molecule has 2 heterocycles. The number of nitrogens with zero attached hydrogens (tertiary/aromatic N) is 2. The van der Waals surface area contributed by atoms with Crippen molar-refractivity contribution in [2.24, 2.45) is 10.9 Å². The molecule has 1 aromatic carbocycles. The van der Waals surface area contributed by atoms with Gasteiger partial charge in [-0.1, -0.05) is 61.7 Å². The number of rotatable bonds is 8. The second-order valence-electron chi connectivity index (χ2n) is 9.82. The Bertz CT molecular complexity index is 1180. The molecule has 3 unspecified atom stereocenters. The molecule has 3 atom stereocenters. The van der Waals surface area contributed by atoms with E-state index in [9.17, 15) is 9.18 Å². The number of aromatic nitrogens is 1. The fraction of sp³-hybridized carbons (Fsp3) is 0.433. The number of nitrogens with one attached hydrogen (secondary N) is 2. The summed E-state index contributed by atoms with van der Waals surface area (Å²) < 4.78 is 14.8. The van der Waals surface area contributed by atoms with Gasteiger partial charge >= 0.3 is 0 Å². The first kappa shape index (κ1) is 31.6. The molecule has 0 aliphatic carbocycles. The normalized spacial score (nSPS) is 18.4. The average molecular weight is 535 g/mol. The van der Waals surface area contributed by atoms with Gasteiger partial charge in [0.15, 0.2) is 7.28 Å². The minimum atomic E-state index is -0.316. The quantitative estimate of drug-likeness (QED) is 0.279. The lowest BCUT2D eigenvalue weighted by Gasteiger charge is -2.26. The Balaban J connectivity index is 0.00000161. The molecule has 0 spiro atoms. The molecule has 1 aliphatic rings. The molecule has 0 fully saturated rings. The molecule has 203 valence electrons. The third kappa shape index (κ3) is 9.29. The smallest absolute Gasteiger partial charge is 0.257 e. The lowest BCUT2D eigenvalue weighted by Crippen LogP contribution is -2.31. The van der Waals surface area contributed by atoms with Crippen LogP contribution in [0.5, 0.6) is 0 Å². The number of aliphatic imine (C=N–C) groups is 1. The second-order valence-corrected chi connectivity index (χ2v) is 11.3. The van der Waals surface area contributed by atoms with Crippen LogP contribution in [0.25, 0.3) is 0 Å². The van der Waals surface area contributed by atoms with Gasteiger partial charge < -0.3 is 5.32 Å². The third-order valence-corrected chi connectivity index (χ3v) is 7.22. The van der Waals surface area contributed by atoms with Crippen molar-refractivity contribution < 1.29 is 9.18 Å². The first-order chi connectivity index (χ1) is 18.1. The summed E-state index contributed by atoms with van der Waals surface area (Å²) in [5, 5.41) is 7.61. The zero-order chi connectivity index (χ0) is 28.2. The highest BCUT2D eigenvalue weighted by Crippen LogP contribution is 2.39. The molecular weight excluding hydrogens is 493 g/mol. The number of amides is 1. The predicted molar refractivity (Wildman–Crippen MR) is 164 cm³/mol. The summed E-state index contributed by atoms with van der Waals surface area (Å²) >= 11 is 0. The van der Waals surface area contributed by atoms with E-state index in [1.54, 1.807) is 24.4 Å². The number of benzene rings is 1. The summed E-state index contributed by atoms with van der Waals surface area (Å²) in [6.45, 7) is 16.4. The molecule has 2 aromatic rings. The first-order valence-corrected chi connectivity index (χ1v) is 14.5. The molecule has 1 radical (unpaired) electrons. The van der Waals surface area contributed by atoms with E-state index in [2.05, 4.69) is 54.4 Å². The number of pyridine rings is 1. The van der Waals surface area contributed by atoms with Gasteiger partial charge in [-0.2, -0.15) is 0 Å². The molecule has 1 aromatic heterocycles. The fourth-order valence-corrected chi connectivity index (χ4v) is 5.27. The van der Waals surface area contributed by atoms with Gasteiger partial charge in [-0.3, -0.25) is 20.1 Å². The number of halogens is 1. The predicted octanol–water partition coefficient (Wildman–Crippen LogP) is 7.15. The van der Waals surface area contributed by atoms with Crippen LogP contribution in [0.3, 0.4) is 0 Å². The van der Waals surface area contributed by atoms with E-state index in [0.717, 1.165) is 23.3 Å². The Morgan fingerprint density at radius 1 is 1.24 bits per heavy atom. The van der Waals surface area contributed by atoms with Crippen LogP contribution in [-0.4, -0.2) is 30.2 Å². The number of aryl methyl sites for hydroxylation is 1. The van der Waals surface area contributed by atoms with E-state index in [4.69, 9.17) is 0 Å². The molecule has 1 amide bonds. The van der Waals surface area contributed by atoms with Crippen molar-refractivity contribution in [2.75, 3.05) is 5.32 Å². The minimum Gasteiger partial charge on any atom is -0.322 e. The van der Waals surface area contributed by atoms with Gasteiger partial charge in [-0.05, 0) is 73.8 Å². The van der Waals surface area contributed by atoms with E-state index in [1.807, 2.05) is 47.2 Å². The topological polar surface area (TPSA) is 66.4 Å². The van der Waals surface area contributed by atoms with Crippen LogP contribution >= 0.6 is 8.58 Å². The summed E-state index contributed by atoms with van der Waals surface area (Å²) in [5.74, 6) is 0.00859. The number of allylic oxidation sites excluding steroid dienone is 3. The highest BCUT2D eigenvalue weighted by atomic mass is 31.1. The number of hydrogen-bond donors (Lipinski definition) is 2. The summed E-state index contributed by atoms with van der Waals surface area (Å²) in [5.41, 5.74) is 4.29. The maximum absolute atomic E-state index is 14.8. The van der Waals surface area contributed by atoms with Crippen molar-refractivity contribution in [3.8, 4) is 0 Å². The Kier molecular flexibility index (Phi) is 13.1. The number of carbonyl (C=O) groups excluding carboxylic acids is 1. The molecule has 0 saturated carbocycles. The molecule has 0 saturated heterocycles. The SMILES string of the molecule is CCC.C[B]c1ncc(C(=O)Nc2ccc(F)c(C(C)NC3C=NC(=C/C)/C(=C/CC(C)C)P3)c2)cc1C. The van der Waals surface area contributed by atoms with Crippen molar-refractivity contribution >= 4 is 39.3 Å². The van der Waals surface area contributed by atoms with E-state index in [1.165, 1.54) is 17.8 Å². The maximum atomic E-state index is 14.8. The van der Waals surface area contributed by atoms with Crippen LogP contribution in [0.1, 0.15) is 81.9 Å². The number of hydrogen-bond acceptors (Lipinski definition) is 4. The minimum absolute atomic E-state index is 0.0210. The van der Waals surface area contributed by atoms with Gasteiger partial charge in [-0.15, -0.1) is 0 Å². The summed E-state index contributed by atoms with van der Waals surface area (Å²) in [6, 6.07) is 6.20. The van der Waals surface area contributed by atoms with Gasteiger partial charge in [0.2, 0.25) is 0 Å². The highest BCUT2D eigenvalue weighted by molar-refractivity contribution is 7.45. The maximum Gasteiger partial charge on any atom is 0.257 e. The highest BCUT2D eigenvalue weighted by Gasteiger charge is 2.21. The van der Waals surface area contributed by atoms with Crippen LogP contribution in [-0.2, 0) is 0 Å².